The van der Waals surface area contributed by atoms with Gasteiger partial charge in [0.05, 0.1) is 11.4 Å². The molecule has 1 aliphatic rings. The monoisotopic (exact) mass is 247 g/mol. The topological polar surface area (TPSA) is 54.0 Å². The predicted octanol–water partition coefficient (Wildman–Crippen LogP) is 2.03. The minimum absolute atomic E-state index is 0.109. The summed E-state index contributed by atoms with van der Waals surface area (Å²) in [6.45, 7) is 7.74. The number of pyridine rings is 1. The van der Waals surface area contributed by atoms with Gasteiger partial charge in [0.25, 0.3) is 0 Å². The number of piperidine rings is 1. The van der Waals surface area contributed by atoms with Gasteiger partial charge < -0.3 is 10.6 Å². The first-order valence-electron chi connectivity index (χ1n) is 6.48. The molecule has 0 spiro atoms. The highest BCUT2D eigenvalue weighted by atomic mass is 16.2. The van der Waals surface area contributed by atoms with Crippen LogP contribution in [0.5, 0.6) is 0 Å². The first-order valence-corrected chi connectivity index (χ1v) is 6.48. The van der Waals surface area contributed by atoms with Crippen LogP contribution in [0, 0.1) is 19.3 Å². The van der Waals surface area contributed by atoms with Crippen molar-refractivity contribution < 1.29 is 4.79 Å². The predicted molar refractivity (Wildman–Crippen MR) is 72.6 cm³/mol. The molecule has 0 bridgehead atoms. The third-order valence-corrected chi connectivity index (χ3v) is 3.73. The summed E-state index contributed by atoms with van der Waals surface area (Å²) in [6.07, 6.45) is 1.77. The third kappa shape index (κ3) is 2.70. The quantitative estimate of drug-likeness (QED) is 0.840. The van der Waals surface area contributed by atoms with E-state index in [0.29, 0.717) is 0 Å². The second-order valence-corrected chi connectivity index (χ2v) is 5.35. The van der Waals surface area contributed by atoms with Crippen molar-refractivity contribution in [3.05, 3.63) is 23.5 Å². The molecule has 0 aromatic carbocycles. The van der Waals surface area contributed by atoms with Gasteiger partial charge >= 0.3 is 0 Å². The molecule has 1 saturated heterocycles. The van der Waals surface area contributed by atoms with Crippen LogP contribution < -0.4 is 10.6 Å². The first kappa shape index (κ1) is 13.0. The van der Waals surface area contributed by atoms with Crippen molar-refractivity contribution in [2.24, 2.45) is 5.41 Å². The highest BCUT2D eigenvalue weighted by molar-refractivity contribution is 5.95. The highest BCUT2D eigenvalue weighted by Gasteiger charge is 2.34. The summed E-state index contributed by atoms with van der Waals surface area (Å²) in [5, 5.41) is 6.30. The van der Waals surface area contributed by atoms with E-state index in [4.69, 9.17) is 0 Å². The molecule has 1 aromatic heterocycles. The lowest BCUT2D eigenvalue weighted by atomic mass is 9.80. The molecule has 0 radical (unpaired) electrons. The number of carbonyl (C=O) groups excluding carboxylic acids is 1. The number of nitrogens with zero attached hydrogens (tertiary/aromatic N) is 1. The van der Waals surface area contributed by atoms with Crippen LogP contribution in [-0.2, 0) is 4.79 Å². The summed E-state index contributed by atoms with van der Waals surface area (Å²) in [7, 11) is 0. The molecular formula is C14H21N3O. The van der Waals surface area contributed by atoms with E-state index in [1.165, 1.54) is 0 Å². The fourth-order valence-electron chi connectivity index (χ4n) is 2.30. The fraction of sp³-hybridized carbons (Fsp3) is 0.571. The van der Waals surface area contributed by atoms with Gasteiger partial charge in [0.2, 0.25) is 5.91 Å². The van der Waals surface area contributed by atoms with Gasteiger partial charge in [-0.15, -0.1) is 0 Å². The Morgan fingerprint density at radius 1 is 1.33 bits per heavy atom. The lowest BCUT2D eigenvalue weighted by molar-refractivity contribution is -0.126. The van der Waals surface area contributed by atoms with E-state index in [0.717, 1.165) is 43.0 Å². The number of aryl methyl sites for hydroxylation is 2. The number of amides is 1. The molecule has 2 heterocycles. The van der Waals surface area contributed by atoms with Crippen LogP contribution in [0.3, 0.4) is 0 Å². The zero-order valence-corrected chi connectivity index (χ0v) is 11.3. The number of hydrogen-bond donors (Lipinski definition) is 2. The van der Waals surface area contributed by atoms with E-state index in [9.17, 15) is 4.79 Å². The van der Waals surface area contributed by atoms with Gasteiger partial charge in [0.1, 0.15) is 0 Å². The van der Waals surface area contributed by atoms with Crippen molar-refractivity contribution in [1.29, 1.82) is 0 Å². The van der Waals surface area contributed by atoms with Gasteiger partial charge in [-0.25, -0.2) is 0 Å². The lowest BCUT2D eigenvalue weighted by Crippen LogP contribution is -2.42. The number of aromatic nitrogens is 1. The van der Waals surface area contributed by atoms with Crippen LogP contribution >= 0.6 is 0 Å². The molecule has 1 aliphatic heterocycles. The second kappa shape index (κ2) is 5.06. The van der Waals surface area contributed by atoms with Crippen LogP contribution in [0.2, 0.25) is 0 Å². The zero-order valence-electron chi connectivity index (χ0n) is 11.3. The van der Waals surface area contributed by atoms with E-state index in [1.807, 2.05) is 32.9 Å². The Balaban J connectivity index is 2.11. The Labute approximate surface area is 108 Å². The van der Waals surface area contributed by atoms with E-state index >= 15 is 0 Å². The Kier molecular flexibility index (Phi) is 3.66. The Hall–Kier alpha value is -1.42. The smallest absolute Gasteiger partial charge is 0.230 e. The van der Waals surface area contributed by atoms with Crippen molar-refractivity contribution in [2.45, 2.75) is 33.6 Å². The zero-order chi connectivity index (χ0) is 13.2. The maximum absolute atomic E-state index is 12.4. The molecule has 0 saturated carbocycles. The highest BCUT2D eigenvalue weighted by Crippen LogP contribution is 2.29. The fourth-order valence-corrected chi connectivity index (χ4v) is 2.30. The van der Waals surface area contributed by atoms with Gasteiger partial charge in [-0.3, -0.25) is 9.78 Å². The van der Waals surface area contributed by atoms with Crippen molar-refractivity contribution in [3.8, 4) is 0 Å². The van der Waals surface area contributed by atoms with Gasteiger partial charge in [-0.05, 0) is 51.9 Å². The van der Waals surface area contributed by atoms with E-state index in [2.05, 4.69) is 15.6 Å². The Bertz CT molecular complexity index is 450. The molecule has 98 valence electrons. The molecular weight excluding hydrogens is 226 g/mol. The van der Waals surface area contributed by atoms with Crippen molar-refractivity contribution >= 4 is 11.6 Å². The molecule has 2 rings (SSSR count). The van der Waals surface area contributed by atoms with Gasteiger partial charge in [-0.1, -0.05) is 6.92 Å². The van der Waals surface area contributed by atoms with Gasteiger partial charge in [0.15, 0.2) is 0 Å². The van der Waals surface area contributed by atoms with Crippen LogP contribution in [0.15, 0.2) is 12.1 Å². The molecule has 0 atom stereocenters. The molecule has 18 heavy (non-hydrogen) atoms. The lowest BCUT2D eigenvalue weighted by Gasteiger charge is -2.32. The molecule has 0 unspecified atom stereocenters. The van der Waals surface area contributed by atoms with Crippen LogP contribution in [-0.4, -0.2) is 24.0 Å². The standard InChI is InChI=1S/C14H21N3O/c1-10-4-5-12(11(2)16-10)17-13(18)14(3)6-8-15-9-7-14/h4-5,15H,6-9H2,1-3H3,(H,17,18). The van der Waals surface area contributed by atoms with Crippen LogP contribution in [0.4, 0.5) is 5.69 Å². The molecule has 4 nitrogen and oxygen atoms in total. The summed E-state index contributed by atoms with van der Waals surface area (Å²) in [6, 6.07) is 3.85. The molecule has 0 aliphatic carbocycles. The van der Waals surface area contributed by atoms with Crippen LogP contribution in [0.25, 0.3) is 0 Å². The second-order valence-electron chi connectivity index (χ2n) is 5.35. The normalized spacial score (nSPS) is 18.4. The average molecular weight is 247 g/mol. The van der Waals surface area contributed by atoms with E-state index in [1.54, 1.807) is 0 Å². The first-order chi connectivity index (χ1) is 8.51. The number of anilines is 1. The number of carbonyl (C=O) groups is 1. The molecule has 1 amide bonds. The van der Waals surface area contributed by atoms with Crippen molar-refractivity contribution in [3.63, 3.8) is 0 Å². The molecule has 1 fully saturated rings. The Morgan fingerprint density at radius 3 is 2.61 bits per heavy atom. The molecule has 1 aromatic rings. The van der Waals surface area contributed by atoms with Crippen LogP contribution in [0.1, 0.15) is 31.2 Å². The summed E-state index contributed by atoms with van der Waals surface area (Å²) in [4.78, 5) is 16.7. The largest absolute Gasteiger partial charge is 0.324 e. The molecule has 2 N–H and O–H groups in total. The average Bonchev–Trinajstić information content (AvgIpc) is 2.33. The van der Waals surface area contributed by atoms with E-state index in [-0.39, 0.29) is 11.3 Å². The minimum atomic E-state index is -0.261. The van der Waals surface area contributed by atoms with Crippen molar-refractivity contribution in [1.82, 2.24) is 10.3 Å². The number of rotatable bonds is 2. The van der Waals surface area contributed by atoms with E-state index < -0.39 is 0 Å². The molecule has 4 heteroatoms. The number of nitrogens with one attached hydrogen (secondary N) is 2. The van der Waals surface area contributed by atoms with Gasteiger partial charge in [0, 0.05) is 11.1 Å². The Morgan fingerprint density at radius 2 is 2.00 bits per heavy atom. The summed E-state index contributed by atoms with van der Waals surface area (Å²) in [5.41, 5.74) is 2.41. The SMILES string of the molecule is Cc1ccc(NC(=O)C2(C)CCNCC2)c(C)n1. The van der Waals surface area contributed by atoms with Crippen molar-refractivity contribution in [2.75, 3.05) is 18.4 Å². The summed E-state index contributed by atoms with van der Waals surface area (Å²) in [5.74, 6) is 0.109. The summed E-state index contributed by atoms with van der Waals surface area (Å²) < 4.78 is 0. The van der Waals surface area contributed by atoms with Gasteiger partial charge in [-0.2, -0.15) is 0 Å². The maximum Gasteiger partial charge on any atom is 0.230 e. The summed E-state index contributed by atoms with van der Waals surface area (Å²) >= 11 is 0. The minimum Gasteiger partial charge on any atom is -0.324 e. The maximum atomic E-state index is 12.4. The third-order valence-electron chi connectivity index (χ3n) is 3.73. The number of hydrogen-bond acceptors (Lipinski definition) is 3.